The van der Waals surface area contributed by atoms with Gasteiger partial charge in [-0.15, -0.1) is 0 Å². The third kappa shape index (κ3) is 3.72. The van der Waals surface area contributed by atoms with Crippen LogP contribution in [0, 0.1) is 0 Å². The van der Waals surface area contributed by atoms with E-state index in [4.69, 9.17) is 4.74 Å². The molecule has 1 N–H and O–H groups in total. The van der Waals surface area contributed by atoms with Gasteiger partial charge in [0.2, 0.25) is 5.91 Å². The lowest BCUT2D eigenvalue weighted by molar-refractivity contribution is -0.117. The van der Waals surface area contributed by atoms with Crippen LogP contribution in [0.3, 0.4) is 0 Å². The molecular formula is C22H24N6O3. The molecule has 9 nitrogen and oxygen atoms in total. The van der Waals surface area contributed by atoms with E-state index in [0.717, 1.165) is 30.8 Å². The predicted octanol–water partition coefficient (Wildman–Crippen LogP) is 1.94. The highest BCUT2D eigenvalue weighted by atomic mass is 16.5. The highest BCUT2D eigenvalue weighted by Gasteiger charge is 2.30. The van der Waals surface area contributed by atoms with Crippen molar-refractivity contribution in [3.63, 3.8) is 0 Å². The quantitative estimate of drug-likeness (QED) is 0.678. The second-order valence-electron chi connectivity index (χ2n) is 7.92. The first-order chi connectivity index (χ1) is 15.1. The van der Waals surface area contributed by atoms with E-state index in [1.165, 1.54) is 0 Å². The lowest BCUT2D eigenvalue weighted by atomic mass is 10.1. The molecule has 2 aliphatic heterocycles. The molecule has 1 fully saturated rings. The van der Waals surface area contributed by atoms with E-state index < -0.39 is 0 Å². The van der Waals surface area contributed by atoms with Crippen LogP contribution in [0.1, 0.15) is 28.9 Å². The number of rotatable bonds is 5. The highest BCUT2D eigenvalue weighted by molar-refractivity contribution is 6.04. The third-order valence-corrected chi connectivity index (χ3v) is 5.76. The number of pyridine rings is 2. The number of ether oxygens (including phenoxy) is 1. The number of nitrogens with one attached hydrogen (secondary N) is 1. The summed E-state index contributed by atoms with van der Waals surface area (Å²) in [4.78, 5) is 37.8. The number of anilines is 2. The first-order valence-corrected chi connectivity index (χ1v) is 10.4. The van der Waals surface area contributed by atoms with Gasteiger partial charge < -0.3 is 24.3 Å². The Bertz CT molecular complexity index is 1140. The third-order valence-electron chi connectivity index (χ3n) is 5.76. The Morgan fingerprint density at radius 2 is 2.23 bits per heavy atom. The zero-order chi connectivity index (χ0) is 21.4. The van der Waals surface area contributed by atoms with Gasteiger partial charge in [-0.1, -0.05) is 6.07 Å². The van der Waals surface area contributed by atoms with Crippen molar-refractivity contribution in [3.05, 3.63) is 54.1 Å². The number of fused-ring (bicyclic) bond motifs is 2. The number of carbonyl (C=O) groups excluding carboxylic acids is 2. The maximum atomic E-state index is 13.1. The fourth-order valence-electron chi connectivity index (χ4n) is 4.13. The number of hydrogen-bond donors (Lipinski definition) is 1. The first kappa shape index (κ1) is 19.5. The van der Waals surface area contributed by atoms with Crippen molar-refractivity contribution in [1.82, 2.24) is 19.3 Å². The minimum atomic E-state index is -0.170. The van der Waals surface area contributed by atoms with Gasteiger partial charge >= 0.3 is 0 Å². The van der Waals surface area contributed by atoms with Gasteiger partial charge in [0, 0.05) is 26.0 Å². The minimum Gasteiger partial charge on any atom is -0.376 e. The number of imidazole rings is 1. The molecular weight excluding hydrogens is 396 g/mol. The van der Waals surface area contributed by atoms with Gasteiger partial charge in [0.05, 0.1) is 48.9 Å². The Morgan fingerprint density at radius 1 is 1.32 bits per heavy atom. The fraction of sp³-hybridized carbons (Fsp3) is 0.364. The average molecular weight is 420 g/mol. The van der Waals surface area contributed by atoms with Crippen LogP contribution >= 0.6 is 0 Å². The molecule has 3 aromatic rings. The summed E-state index contributed by atoms with van der Waals surface area (Å²) in [5.74, 6) is 0.392. The maximum absolute atomic E-state index is 13.1. The average Bonchev–Trinajstić information content (AvgIpc) is 3.45. The van der Waals surface area contributed by atoms with Crippen LogP contribution in [0.15, 0.2) is 42.9 Å². The molecule has 0 saturated carbocycles. The van der Waals surface area contributed by atoms with Gasteiger partial charge in [0.25, 0.3) is 5.91 Å². The van der Waals surface area contributed by atoms with Crippen LogP contribution in [0.2, 0.25) is 0 Å². The zero-order valence-corrected chi connectivity index (χ0v) is 17.3. The molecule has 5 rings (SSSR count). The molecule has 0 spiro atoms. The molecule has 2 aliphatic rings. The zero-order valence-electron chi connectivity index (χ0n) is 17.3. The summed E-state index contributed by atoms with van der Waals surface area (Å²) in [6, 6.07) is 7.53. The Hall–Kier alpha value is -3.46. The predicted molar refractivity (Wildman–Crippen MR) is 115 cm³/mol. The van der Waals surface area contributed by atoms with E-state index in [9.17, 15) is 9.59 Å². The standard InChI is InChI=1S/C22H24N6O3/c1-26(13-16-11-23-19-6-2-3-7-27(16)19)22(30)15-9-18-21(24-10-15)25-12-20(29)28(18)14-17-5-4-8-31-17/h2-3,6-7,9-11,17H,4-5,8,12-14H2,1H3,(H,24,25). The van der Waals surface area contributed by atoms with E-state index in [2.05, 4.69) is 15.3 Å². The van der Waals surface area contributed by atoms with E-state index in [0.29, 0.717) is 30.2 Å². The van der Waals surface area contributed by atoms with Crippen molar-refractivity contribution in [1.29, 1.82) is 0 Å². The van der Waals surface area contributed by atoms with E-state index >= 15 is 0 Å². The van der Waals surface area contributed by atoms with Gasteiger partial charge in [-0.3, -0.25) is 9.59 Å². The second-order valence-corrected chi connectivity index (χ2v) is 7.92. The molecule has 2 amide bonds. The molecule has 31 heavy (non-hydrogen) atoms. The first-order valence-electron chi connectivity index (χ1n) is 10.4. The molecule has 1 unspecified atom stereocenters. The summed E-state index contributed by atoms with van der Waals surface area (Å²) in [6.07, 6.45) is 7.21. The van der Waals surface area contributed by atoms with E-state index in [1.54, 1.807) is 35.3 Å². The van der Waals surface area contributed by atoms with Crippen molar-refractivity contribution >= 4 is 29.0 Å². The minimum absolute atomic E-state index is 0.0204. The SMILES string of the molecule is CN(Cc1cnc2ccccn12)C(=O)c1cnc2c(c1)N(CC1CCCO1)C(=O)CN2. The van der Waals surface area contributed by atoms with Gasteiger partial charge in [-0.2, -0.15) is 0 Å². The molecule has 0 radical (unpaired) electrons. The molecule has 0 bridgehead atoms. The molecule has 5 heterocycles. The smallest absolute Gasteiger partial charge is 0.255 e. The molecule has 0 aromatic carbocycles. The van der Waals surface area contributed by atoms with Gasteiger partial charge in [0.15, 0.2) is 0 Å². The summed E-state index contributed by atoms with van der Waals surface area (Å²) in [5.41, 5.74) is 2.81. The number of nitrogens with zero attached hydrogens (tertiary/aromatic N) is 5. The van der Waals surface area contributed by atoms with Crippen LogP contribution < -0.4 is 10.2 Å². The second kappa shape index (κ2) is 7.99. The van der Waals surface area contributed by atoms with Crippen LogP contribution in [0.5, 0.6) is 0 Å². The van der Waals surface area contributed by atoms with Crippen molar-refractivity contribution in [3.8, 4) is 0 Å². The number of hydrogen-bond acceptors (Lipinski definition) is 6. The van der Waals surface area contributed by atoms with Crippen LogP contribution in [-0.2, 0) is 16.1 Å². The summed E-state index contributed by atoms with van der Waals surface area (Å²) in [7, 11) is 1.75. The highest BCUT2D eigenvalue weighted by Crippen LogP contribution is 2.30. The summed E-state index contributed by atoms with van der Waals surface area (Å²) in [6.45, 7) is 1.79. The lowest BCUT2D eigenvalue weighted by Gasteiger charge is -2.31. The molecule has 3 aromatic heterocycles. The Morgan fingerprint density at radius 3 is 3.06 bits per heavy atom. The van der Waals surface area contributed by atoms with Crippen molar-refractivity contribution in [2.75, 3.05) is 37.0 Å². The Balaban J connectivity index is 1.38. The molecule has 9 heteroatoms. The fourth-order valence-corrected chi connectivity index (χ4v) is 4.13. The topological polar surface area (TPSA) is 92.1 Å². The van der Waals surface area contributed by atoms with Crippen LogP contribution in [0.4, 0.5) is 11.5 Å². The van der Waals surface area contributed by atoms with Gasteiger partial charge in [-0.25, -0.2) is 9.97 Å². The maximum Gasteiger partial charge on any atom is 0.255 e. The largest absolute Gasteiger partial charge is 0.376 e. The van der Waals surface area contributed by atoms with Crippen molar-refractivity contribution in [2.24, 2.45) is 0 Å². The molecule has 1 atom stereocenters. The van der Waals surface area contributed by atoms with Gasteiger partial charge in [0.1, 0.15) is 11.5 Å². The molecule has 160 valence electrons. The lowest BCUT2D eigenvalue weighted by Crippen LogP contribution is -2.44. The van der Waals surface area contributed by atoms with Crippen LogP contribution in [0.25, 0.3) is 5.65 Å². The Labute approximate surface area is 179 Å². The molecule has 0 aliphatic carbocycles. The summed E-state index contributed by atoms with van der Waals surface area (Å²) in [5, 5.41) is 3.04. The number of aromatic nitrogens is 3. The normalized spacial score (nSPS) is 18.2. The van der Waals surface area contributed by atoms with Crippen LogP contribution in [-0.4, -0.2) is 63.9 Å². The van der Waals surface area contributed by atoms with E-state index in [-0.39, 0.29) is 24.5 Å². The van der Waals surface area contributed by atoms with E-state index in [1.807, 2.05) is 28.8 Å². The monoisotopic (exact) mass is 420 g/mol. The number of carbonyl (C=O) groups is 2. The van der Waals surface area contributed by atoms with Crippen molar-refractivity contribution in [2.45, 2.75) is 25.5 Å². The summed E-state index contributed by atoms with van der Waals surface area (Å²) >= 11 is 0. The van der Waals surface area contributed by atoms with Crippen molar-refractivity contribution < 1.29 is 14.3 Å². The number of amides is 2. The Kier molecular flexibility index (Phi) is 5.03. The molecule has 1 saturated heterocycles. The summed E-state index contributed by atoms with van der Waals surface area (Å²) < 4.78 is 7.67. The van der Waals surface area contributed by atoms with Gasteiger partial charge in [-0.05, 0) is 31.0 Å².